The number of ether oxygens (including phenoxy) is 1. The Morgan fingerprint density at radius 3 is 2.76 bits per heavy atom. The number of benzene rings is 2. The van der Waals surface area contributed by atoms with Crippen LogP contribution < -0.4 is 4.74 Å². The Labute approximate surface area is 219 Å². The predicted molar refractivity (Wildman–Crippen MR) is 144 cm³/mol. The van der Waals surface area contributed by atoms with Gasteiger partial charge in [-0.15, -0.1) is 0 Å². The van der Waals surface area contributed by atoms with Crippen LogP contribution in [0.15, 0.2) is 48.9 Å². The highest BCUT2D eigenvalue weighted by molar-refractivity contribution is 6.36. The number of piperidine rings is 1. The molecule has 5 aromatic rings. The van der Waals surface area contributed by atoms with E-state index >= 15 is 0 Å². The average molecular weight is 514 g/mol. The highest BCUT2D eigenvalue weighted by Gasteiger charge is 2.46. The van der Waals surface area contributed by atoms with E-state index in [0.29, 0.717) is 46.1 Å². The van der Waals surface area contributed by atoms with Crippen LogP contribution in [0.2, 0.25) is 5.02 Å². The first-order chi connectivity index (χ1) is 17.9. The van der Waals surface area contributed by atoms with Gasteiger partial charge in [0.15, 0.2) is 0 Å². The van der Waals surface area contributed by atoms with E-state index in [1.807, 2.05) is 43.5 Å². The normalized spacial score (nSPS) is 21.6. The zero-order chi connectivity index (χ0) is 25.3. The molecule has 9 heteroatoms. The van der Waals surface area contributed by atoms with Crippen LogP contribution in [-0.2, 0) is 0 Å². The molecule has 37 heavy (non-hydrogen) atoms. The summed E-state index contributed by atoms with van der Waals surface area (Å²) in [5.74, 6) is 2.72. The second-order valence-corrected chi connectivity index (χ2v) is 10.9. The Hall–Kier alpha value is -3.49. The fraction of sp³-hybridized carbons (Fsp3) is 0.357. The Morgan fingerprint density at radius 2 is 1.95 bits per heavy atom. The van der Waals surface area contributed by atoms with Crippen molar-refractivity contribution in [1.29, 1.82) is 0 Å². The molecule has 3 atom stereocenters. The van der Waals surface area contributed by atoms with Crippen LogP contribution >= 0.6 is 11.6 Å². The zero-order valence-electron chi connectivity index (χ0n) is 21.0. The highest BCUT2D eigenvalue weighted by atomic mass is 35.5. The Morgan fingerprint density at radius 1 is 1.08 bits per heavy atom. The molecule has 1 N–H and O–H groups in total. The van der Waals surface area contributed by atoms with Crippen LogP contribution in [0.1, 0.15) is 38.6 Å². The number of nitrogens with one attached hydrogen (secondary N) is 1. The lowest BCUT2D eigenvalue weighted by molar-refractivity contribution is 0.137. The summed E-state index contributed by atoms with van der Waals surface area (Å²) in [7, 11) is 0. The van der Waals surface area contributed by atoms with Crippen molar-refractivity contribution in [1.82, 2.24) is 34.6 Å². The Kier molecular flexibility index (Phi) is 5.23. The second kappa shape index (κ2) is 8.53. The first kappa shape index (κ1) is 22.7. The van der Waals surface area contributed by atoms with Crippen LogP contribution in [0.4, 0.5) is 0 Å². The first-order valence-corrected chi connectivity index (χ1v) is 13.2. The summed E-state index contributed by atoms with van der Waals surface area (Å²) in [6, 6.07) is 11.2. The van der Waals surface area contributed by atoms with Crippen molar-refractivity contribution in [3.05, 3.63) is 59.8 Å². The number of imidazole rings is 1. The molecular weight excluding hydrogens is 486 g/mol. The van der Waals surface area contributed by atoms with Gasteiger partial charge in [-0.25, -0.2) is 9.97 Å². The Bertz CT molecular complexity index is 1640. The van der Waals surface area contributed by atoms with Gasteiger partial charge in [0.1, 0.15) is 27.9 Å². The lowest BCUT2D eigenvalue weighted by Gasteiger charge is -2.34. The molecule has 0 spiro atoms. The van der Waals surface area contributed by atoms with Crippen molar-refractivity contribution in [3.63, 3.8) is 0 Å². The minimum absolute atomic E-state index is 0.432. The van der Waals surface area contributed by atoms with Crippen LogP contribution in [-0.4, -0.2) is 53.2 Å². The van der Waals surface area contributed by atoms with Gasteiger partial charge in [-0.3, -0.25) is 14.6 Å². The van der Waals surface area contributed by atoms with E-state index < -0.39 is 0 Å². The molecule has 2 bridgehead atoms. The van der Waals surface area contributed by atoms with Gasteiger partial charge < -0.3 is 9.72 Å². The largest absolute Gasteiger partial charge is 0.456 e. The van der Waals surface area contributed by atoms with Crippen molar-refractivity contribution in [2.45, 2.75) is 51.7 Å². The van der Waals surface area contributed by atoms with Gasteiger partial charge in [-0.2, -0.15) is 5.10 Å². The van der Waals surface area contributed by atoms with Crippen LogP contribution in [0.3, 0.4) is 0 Å². The van der Waals surface area contributed by atoms with E-state index in [1.165, 1.54) is 6.42 Å². The molecule has 8 nitrogen and oxygen atoms in total. The molecule has 0 amide bonds. The topological polar surface area (TPSA) is 84.8 Å². The maximum absolute atomic E-state index is 6.79. The molecule has 2 aromatic carbocycles. The molecule has 2 fully saturated rings. The van der Waals surface area contributed by atoms with Gasteiger partial charge >= 0.3 is 0 Å². The molecule has 188 valence electrons. The van der Waals surface area contributed by atoms with E-state index in [2.05, 4.69) is 44.6 Å². The minimum atomic E-state index is 0.432. The summed E-state index contributed by atoms with van der Waals surface area (Å²) >= 11 is 6.79. The van der Waals surface area contributed by atoms with Gasteiger partial charge in [-0.05, 0) is 63.8 Å². The van der Waals surface area contributed by atoms with E-state index in [-0.39, 0.29) is 0 Å². The highest BCUT2D eigenvalue weighted by Crippen LogP contribution is 2.45. The van der Waals surface area contributed by atoms with Crippen molar-refractivity contribution < 1.29 is 4.74 Å². The molecule has 3 aromatic heterocycles. The van der Waals surface area contributed by atoms with Gasteiger partial charge in [-0.1, -0.05) is 11.6 Å². The lowest BCUT2D eigenvalue weighted by Crippen LogP contribution is -2.40. The van der Waals surface area contributed by atoms with Crippen molar-refractivity contribution in [2.75, 3.05) is 6.54 Å². The molecule has 4 heterocycles. The van der Waals surface area contributed by atoms with Gasteiger partial charge in [0.2, 0.25) is 0 Å². The Balaban J connectivity index is 1.16. The molecule has 2 aliphatic rings. The van der Waals surface area contributed by atoms with E-state index in [1.54, 1.807) is 6.20 Å². The third-order valence-corrected chi connectivity index (χ3v) is 8.23. The van der Waals surface area contributed by atoms with Crippen LogP contribution in [0, 0.1) is 12.8 Å². The number of likely N-dealkylation sites (tertiary alicyclic amines) is 1. The number of aryl methyl sites for hydroxylation is 1. The zero-order valence-corrected chi connectivity index (χ0v) is 21.8. The van der Waals surface area contributed by atoms with Crippen molar-refractivity contribution in [2.24, 2.45) is 5.92 Å². The number of rotatable bonds is 5. The number of halogens is 1. The molecule has 1 aliphatic heterocycles. The average Bonchev–Trinajstić information content (AvgIpc) is 3.68. The molecule has 1 aliphatic carbocycles. The monoisotopic (exact) mass is 513 g/mol. The van der Waals surface area contributed by atoms with E-state index in [0.717, 1.165) is 46.6 Å². The summed E-state index contributed by atoms with van der Waals surface area (Å²) < 4.78 is 8.27. The molecule has 3 unspecified atom stereocenters. The summed E-state index contributed by atoms with van der Waals surface area (Å²) in [6.45, 7) is 7.67. The van der Waals surface area contributed by atoms with Crippen LogP contribution in [0.25, 0.3) is 33.3 Å². The summed E-state index contributed by atoms with van der Waals surface area (Å²) in [4.78, 5) is 19.8. The molecule has 0 radical (unpaired) electrons. The van der Waals surface area contributed by atoms with Crippen molar-refractivity contribution in [3.8, 4) is 22.8 Å². The van der Waals surface area contributed by atoms with Crippen LogP contribution in [0.5, 0.6) is 11.5 Å². The van der Waals surface area contributed by atoms with E-state index in [9.17, 15) is 0 Å². The number of aromatic nitrogens is 6. The molecule has 1 saturated carbocycles. The second-order valence-electron chi connectivity index (χ2n) is 10.6. The van der Waals surface area contributed by atoms with E-state index in [4.69, 9.17) is 26.4 Å². The number of nitrogens with zero attached hydrogens (tertiary/aromatic N) is 6. The number of H-pyrrole nitrogens is 1. The third kappa shape index (κ3) is 3.86. The maximum Gasteiger partial charge on any atom is 0.148 e. The number of hydrogen-bond acceptors (Lipinski definition) is 6. The quantitative estimate of drug-likeness (QED) is 0.302. The molecule has 1 saturated heterocycles. The SMILES string of the molecule is Cc1nc2ccc(Oc3ccc4ncc(-c5cnn(C6CC7CC6CN7C(C)C)c5)nc4c3Cl)cc2[nH]1. The smallest absolute Gasteiger partial charge is 0.148 e. The number of aromatic amines is 1. The molecule has 7 rings (SSSR count). The maximum atomic E-state index is 6.79. The predicted octanol–water partition coefficient (Wildman–Crippen LogP) is 6.17. The number of fused-ring (bicyclic) bond motifs is 4. The fourth-order valence-corrected chi connectivity index (χ4v) is 6.36. The van der Waals surface area contributed by atoms with Crippen molar-refractivity contribution >= 4 is 33.7 Å². The summed E-state index contributed by atoms with van der Waals surface area (Å²) in [6.07, 6.45) is 8.20. The van der Waals surface area contributed by atoms with Gasteiger partial charge in [0.05, 0.1) is 40.7 Å². The fourth-order valence-electron chi connectivity index (χ4n) is 6.12. The summed E-state index contributed by atoms with van der Waals surface area (Å²) in [5, 5.41) is 5.16. The van der Waals surface area contributed by atoms with Gasteiger partial charge in [0, 0.05) is 36.5 Å². The first-order valence-electron chi connectivity index (χ1n) is 12.8. The summed E-state index contributed by atoms with van der Waals surface area (Å²) in [5.41, 5.74) is 4.83. The standard InChI is InChI=1S/C28H28ClN7O/c1-15(2)35-13-17-8-19(35)9-25(17)36-14-18(11-31-36)24-12-30-22-6-7-26(27(29)28(22)34-24)37-20-4-5-21-23(10-20)33-16(3)32-21/h4-7,10-12,14-15,17,19,25H,8-9,13H2,1-3H3,(H,32,33). The lowest BCUT2D eigenvalue weighted by atomic mass is 10.0. The minimum Gasteiger partial charge on any atom is -0.456 e. The van der Waals surface area contributed by atoms with Gasteiger partial charge in [0.25, 0.3) is 0 Å². The molecular formula is C28H28ClN7O. The third-order valence-electron chi connectivity index (χ3n) is 7.86. The number of hydrogen-bond donors (Lipinski definition) is 1.